The van der Waals surface area contributed by atoms with Crippen LogP contribution in [0.5, 0.6) is 5.75 Å². The molecule has 0 fully saturated rings. The molecule has 0 unspecified atom stereocenters. The number of thioether (sulfide) groups is 1. The van der Waals surface area contributed by atoms with E-state index >= 15 is 0 Å². The molecule has 0 aliphatic carbocycles. The molecule has 8 heteroatoms. The van der Waals surface area contributed by atoms with Gasteiger partial charge in [-0.2, -0.15) is 0 Å². The first-order valence-corrected chi connectivity index (χ1v) is 9.56. The number of hydrogen-bond donors (Lipinski definition) is 1. The highest BCUT2D eigenvalue weighted by Gasteiger charge is 2.09. The molecule has 26 heavy (non-hydrogen) atoms. The van der Waals surface area contributed by atoms with E-state index in [2.05, 4.69) is 15.5 Å². The van der Waals surface area contributed by atoms with Gasteiger partial charge in [0.1, 0.15) is 11.6 Å². The Morgan fingerprint density at radius 1 is 1.15 bits per heavy atom. The number of ketones is 1. The standard InChI is InChI=1S/C18H16FN3O2S2/c1-24-15-8-4-13(5-9-15)16(23)10-20-17-21-22-18(26-17)25-11-12-2-6-14(19)7-3-12/h2-9H,10-11H2,1H3,(H,20,21). The van der Waals surface area contributed by atoms with E-state index in [1.807, 2.05) is 0 Å². The molecule has 0 radical (unpaired) electrons. The Morgan fingerprint density at radius 2 is 1.88 bits per heavy atom. The van der Waals surface area contributed by atoms with Crippen molar-refractivity contribution in [2.45, 2.75) is 10.1 Å². The molecule has 0 aliphatic rings. The van der Waals surface area contributed by atoms with Crippen molar-refractivity contribution in [2.75, 3.05) is 19.0 Å². The minimum atomic E-state index is -0.248. The topological polar surface area (TPSA) is 64.1 Å². The number of aromatic nitrogens is 2. The molecule has 1 N–H and O–H groups in total. The molecule has 0 bridgehead atoms. The molecular weight excluding hydrogens is 373 g/mol. The van der Waals surface area contributed by atoms with Crippen LogP contribution in [-0.4, -0.2) is 29.6 Å². The fourth-order valence-corrected chi connectivity index (χ4v) is 3.80. The number of anilines is 1. The van der Waals surface area contributed by atoms with Gasteiger partial charge in [-0.15, -0.1) is 10.2 Å². The van der Waals surface area contributed by atoms with Crippen LogP contribution < -0.4 is 10.1 Å². The third-order valence-corrected chi connectivity index (χ3v) is 5.58. The Hall–Kier alpha value is -2.45. The lowest BCUT2D eigenvalue weighted by Crippen LogP contribution is -2.13. The highest BCUT2D eigenvalue weighted by Crippen LogP contribution is 2.28. The molecule has 2 aromatic carbocycles. The number of rotatable bonds is 8. The van der Waals surface area contributed by atoms with Crippen LogP contribution in [0.3, 0.4) is 0 Å². The first-order valence-electron chi connectivity index (χ1n) is 7.76. The second-order valence-electron chi connectivity index (χ2n) is 5.29. The fourth-order valence-electron chi connectivity index (χ4n) is 2.10. The zero-order chi connectivity index (χ0) is 18.4. The summed E-state index contributed by atoms with van der Waals surface area (Å²) in [5, 5.41) is 11.7. The van der Waals surface area contributed by atoms with Crippen LogP contribution in [0.4, 0.5) is 9.52 Å². The highest BCUT2D eigenvalue weighted by molar-refractivity contribution is 8.00. The van der Waals surface area contributed by atoms with Gasteiger partial charge in [-0.05, 0) is 42.0 Å². The van der Waals surface area contributed by atoms with E-state index in [0.717, 1.165) is 9.90 Å². The Bertz CT molecular complexity index is 867. The Morgan fingerprint density at radius 3 is 2.58 bits per heavy atom. The molecular formula is C18H16FN3O2S2. The van der Waals surface area contributed by atoms with Crippen molar-refractivity contribution in [3.63, 3.8) is 0 Å². The number of nitrogens with one attached hydrogen (secondary N) is 1. The molecule has 0 saturated carbocycles. The summed E-state index contributed by atoms with van der Waals surface area (Å²) < 4.78 is 18.8. The van der Waals surface area contributed by atoms with E-state index in [0.29, 0.717) is 22.2 Å². The molecule has 134 valence electrons. The predicted octanol–water partition coefficient (Wildman–Crippen LogP) is 4.27. The molecule has 5 nitrogen and oxygen atoms in total. The molecule has 0 spiro atoms. The lowest BCUT2D eigenvalue weighted by atomic mass is 10.1. The summed E-state index contributed by atoms with van der Waals surface area (Å²) in [4.78, 5) is 12.2. The summed E-state index contributed by atoms with van der Waals surface area (Å²) in [6, 6.07) is 13.3. The maximum absolute atomic E-state index is 12.9. The molecule has 1 aromatic heterocycles. The fraction of sp³-hybridized carbons (Fsp3) is 0.167. The number of hydrogen-bond acceptors (Lipinski definition) is 7. The van der Waals surface area contributed by atoms with Gasteiger partial charge in [0.2, 0.25) is 5.13 Å². The molecule has 0 amide bonds. The normalized spacial score (nSPS) is 10.5. The predicted molar refractivity (Wildman–Crippen MR) is 102 cm³/mol. The first kappa shape index (κ1) is 18.3. The van der Waals surface area contributed by atoms with E-state index in [9.17, 15) is 9.18 Å². The lowest BCUT2D eigenvalue weighted by Gasteiger charge is -2.03. The van der Waals surface area contributed by atoms with Crippen LogP contribution in [-0.2, 0) is 5.75 Å². The van der Waals surface area contributed by atoms with Gasteiger partial charge >= 0.3 is 0 Å². The van der Waals surface area contributed by atoms with Gasteiger partial charge in [0.25, 0.3) is 0 Å². The number of ether oxygens (including phenoxy) is 1. The summed E-state index contributed by atoms with van der Waals surface area (Å²) in [7, 11) is 1.58. The van der Waals surface area contributed by atoms with Crippen molar-refractivity contribution >= 4 is 34.0 Å². The summed E-state index contributed by atoms with van der Waals surface area (Å²) in [6.07, 6.45) is 0. The van der Waals surface area contributed by atoms with E-state index in [-0.39, 0.29) is 18.1 Å². The van der Waals surface area contributed by atoms with Crippen LogP contribution in [0, 0.1) is 5.82 Å². The van der Waals surface area contributed by atoms with E-state index in [1.54, 1.807) is 43.5 Å². The largest absolute Gasteiger partial charge is 0.497 e. The summed E-state index contributed by atoms with van der Waals surface area (Å²) >= 11 is 2.90. The molecule has 3 rings (SSSR count). The maximum Gasteiger partial charge on any atom is 0.206 e. The SMILES string of the molecule is COc1ccc(C(=O)CNc2nnc(SCc3ccc(F)cc3)s2)cc1. The average molecular weight is 389 g/mol. The average Bonchev–Trinajstić information content (AvgIpc) is 3.13. The molecule has 0 aliphatic heterocycles. The number of halogens is 1. The van der Waals surface area contributed by atoms with Gasteiger partial charge in [0.05, 0.1) is 13.7 Å². The van der Waals surface area contributed by atoms with Crippen LogP contribution >= 0.6 is 23.1 Å². The van der Waals surface area contributed by atoms with Gasteiger partial charge in [0.15, 0.2) is 10.1 Å². The van der Waals surface area contributed by atoms with Crippen molar-refractivity contribution in [1.29, 1.82) is 0 Å². The quantitative estimate of drug-likeness (QED) is 0.458. The van der Waals surface area contributed by atoms with Gasteiger partial charge < -0.3 is 10.1 Å². The van der Waals surface area contributed by atoms with Crippen LogP contribution in [0.25, 0.3) is 0 Å². The van der Waals surface area contributed by atoms with Crippen molar-refractivity contribution in [3.8, 4) is 5.75 Å². The van der Waals surface area contributed by atoms with Crippen molar-refractivity contribution < 1.29 is 13.9 Å². The van der Waals surface area contributed by atoms with Crippen LogP contribution in [0.1, 0.15) is 15.9 Å². The minimum absolute atomic E-state index is 0.0385. The Balaban J connectivity index is 1.49. The van der Waals surface area contributed by atoms with Crippen molar-refractivity contribution in [3.05, 3.63) is 65.5 Å². The summed E-state index contributed by atoms with van der Waals surface area (Å²) in [5.41, 5.74) is 1.62. The van der Waals surface area contributed by atoms with Gasteiger partial charge in [0, 0.05) is 11.3 Å². The van der Waals surface area contributed by atoms with E-state index in [1.165, 1.54) is 35.2 Å². The Kier molecular flexibility index (Phi) is 6.19. The van der Waals surface area contributed by atoms with E-state index in [4.69, 9.17) is 4.74 Å². The summed E-state index contributed by atoms with van der Waals surface area (Å²) in [6.45, 7) is 0.142. The summed E-state index contributed by atoms with van der Waals surface area (Å²) in [5.74, 6) is 1.10. The van der Waals surface area contributed by atoms with Gasteiger partial charge in [-0.1, -0.05) is 35.2 Å². The Labute approximate surface area is 158 Å². The molecule has 0 atom stereocenters. The third kappa shape index (κ3) is 5.03. The third-order valence-electron chi connectivity index (χ3n) is 3.49. The second kappa shape index (κ2) is 8.77. The number of methoxy groups -OCH3 is 1. The number of Topliss-reactive ketones (excluding diaryl/α,β-unsaturated/α-hetero) is 1. The number of carbonyl (C=O) groups excluding carboxylic acids is 1. The number of nitrogens with zero attached hydrogens (tertiary/aromatic N) is 2. The number of carbonyl (C=O) groups is 1. The lowest BCUT2D eigenvalue weighted by molar-refractivity contribution is 0.101. The van der Waals surface area contributed by atoms with Gasteiger partial charge in [-0.3, -0.25) is 4.79 Å². The van der Waals surface area contributed by atoms with Crippen LogP contribution in [0.15, 0.2) is 52.9 Å². The zero-order valence-electron chi connectivity index (χ0n) is 13.9. The van der Waals surface area contributed by atoms with Crippen LogP contribution in [0.2, 0.25) is 0 Å². The second-order valence-corrected chi connectivity index (χ2v) is 7.49. The highest BCUT2D eigenvalue weighted by atomic mass is 32.2. The monoisotopic (exact) mass is 389 g/mol. The first-order chi connectivity index (χ1) is 12.6. The molecule has 0 saturated heterocycles. The minimum Gasteiger partial charge on any atom is -0.497 e. The number of benzene rings is 2. The zero-order valence-corrected chi connectivity index (χ0v) is 15.6. The molecule has 1 heterocycles. The van der Waals surface area contributed by atoms with Crippen molar-refractivity contribution in [1.82, 2.24) is 10.2 Å². The smallest absolute Gasteiger partial charge is 0.206 e. The van der Waals surface area contributed by atoms with Crippen molar-refractivity contribution in [2.24, 2.45) is 0 Å². The maximum atomic E-state index is 12.9. The van der Waals surface area contributed by atoms with E-state index < -0.39 is 0 Å². The molecule has 3 aromatic rings. The van der Waals surface area contributed by atoms with Gasteiger partial charge in [-0.25, -0.2) is 4.39 Å².